The van der Waals surface area contributed by atoms with Gasteiger partial charge in [0.15, 0.2) is 0 Å². The molecule has 0 radical (unpaired) electrons. The lowest BCUT2D eigenvalue weighted by Crippen LogP contribution is -2.41. The molecule has 0 spiro atoms. The molecule has 0 N–H and O–H groups in total. The summed E-state index contributed by atoms with van der Waals surface area (Å²) in [5.74, 6) is 1.32. The van der Waals surface area contributed by atoms with E-state index in [4.69, 9.17) is 9.15 Å². The molecule has 0 atom stereocenters. The molecule has 0 saturated carbocycles. The van der Waals surface area contributed by atoms with Crippen LogP contribution in [-0.2, 0) is 4.74 Å². The van der Waals surface area contributed by atoms with Gasteiger partial charge in [-0.05, 0) is 45.3 Å². The number of aromatic nitrogens is 2. The van der Waals surface area contributed by atoms with Gasteiger partial charge < -0.3 is 14.1 Å². The van der Waals surface area contributed by atoms with Crippen LogP contribution in [0.5, 0.6) is 0 Å². The molecule has 0 bridgehead atoms. The lowest BCUT2D eigenvalue weighted by atomic mass is 9.97. The summed E-state index contributed by atoms with van der Waals surface area (Å²) in [6, 6.07) is 9.97. The zero-order chi connectivity index (χ0) is 18.6. The molecule has 6 heteroatoms. The standard InChI is InChI=1S/C20H25N3O3/c1-20(2,3)26-19(24)23-13-11-16(12-14-23)18-22-21-17(25-18)10-9-15-7-5-4-6-8-15/h4-10,16H,11-14H2,1-3H3/b10-9+. The van der Waals surface area contributed by atoms with Crippen LogP contribution in [0.25, 0.3) is 12.2 Å². The maximum Gasteiger partial charge on any atom is 0.410 e. The highest BCUT2D eigenvalue weighted by molar-refractivity contribution is 5.68. The van der Waals surface area contributed by atoms with Crippen LogP contribution < -0.4 is 0 Å². The van der Waals surface area contributed by atoms with Gasteiger partial charge >= 0.3 is 6.09 Å². The molecular weight excluding hydrogens is 330 g/mol. The van der Waals surface area contributed by atoms with Gasteiger partial charge in [-0.15, -0.1) is 10.2 Å². The topological polar surface area (TPSA) is 68.5 Å². The summed E-state index contributed by atoms with van der Waals surface area (Å²) in [5, 5.41) is 8.28. The van der Waals surface area contributed by atoms with Crippen molar-refractivity contribution in [2.75, 3.05) is 13.1 Å². The number of ether oxygens (including phenoxy) is 1. The summed E-state index contributed by atoms with van der Waals surface area (Å²) in [6.07, 6.45) is 5.10. The lowest BCUT2D eigenvalue weighted by Gasteiger charge is -2.32. The molecule has 1 aromatic heterocycles. The second kappa shape index (κ2) is 7.72. The number of benzene rings is 1. The normalized spacial score (nSPS) is 16.2. The highest BCUT2D eigenvalue weighted by Crippen LogP contribution is 2.28. The fourth-order valence-corrected chi connectivity index (χ4v) is 2.85. The third kappa shape index (κ3) is 4.94. The van der Waals surface area contributed by atoms with Crippen LogP contribution in [0.3, 0.4) is 0 Å². The van der Waals surface area contributed by atoms with E-state index in [9.17, 15) is 4.79 Å². The maximum absolute atomic E-state index is 12.1. The number of likely N-dealkylation sites (tertiary alicyclic amines) is 1. The second-order valence-electron chi connectivity index (χ2n) is 7.46. The molecule has 0 aliphatic carbocycles. The Morgan fingerprint density at radius 1 is 1.15 bits per heavy atom. The minimum atomic E-state index is -0.472. The quantitative estimate of drug-likeness (QED) is 0.818. The van der Waals surface area contributed by atoms with Crippen molar-refractivity contribution in [3.05, 3.63) is 47.7 Å². The van der Waals surface area contributed by atoms with Crippen molar-refractivity contribution in [2.45, 2.75) is 45.1 Å². The fraction of sp³-hybridized carbons (Fsp3) is 0.450. The van der Waals surface area contributed by atoms with E-state index in [-0.39, 0.29) is 12.0 Å². The molecular formula is C20H25N3O3. The van der Waals surface area contributed by atoms with E-state index in [0.717, 1.165) is 18.4 Å². The largest absolute Gasteiger partial charge is 0.444 e. The first-order chi connectivity index (χ1) is 12.4. The number of carbonyl (C=O) groups excluding carboxylic acids is 1. The number of carbonyl (C=O) groups is 1. The second-order valence-corrected chi connectivity index (χ2v) is 7.46. The first-order valence-electron chi connectivity index (χ1n) is 8.95. The Morgan fingerprint density at radius 2 is 1.85 bits per heavy atom. The first-order valence-corrected chi connectivity index (χ1v) is 8.95. The Balaban J connectivity index is 1.55. The molecule has 1 aliphatic rings. The summed E-state index contributed by atoms with van der Waals surface area (Å²) in [4.78, 5) is 13.9. The summed E-state index contributed by atoms with van der Waals surface area (Å²) < 4.78 is 11.2. The highest BCUT2D eigenvalue weighted by Gasteiger charge is 2.29. The monoisotopic (exact) mass is 355 g/mol. The predicted molar refractivity (Wildman–Crippen MR) is 99.5 cm³/mol. The zero-order valence-corrected chi connectivity index (χ0v) is 15.5. The maximum atomic E-state index is 12.1. The molecule has 2 heterocycles. The summed E-state index contributed by atoms with van der Waals surface area (Å²) in [6.45, 7) is 6.90. The molecule has 6 nitrogen and oxygen atoms in total. The lowest BCUT2D eigenvalue weighted by molar-refractivity contribution is 0.0199. The predicted octanol–water partition coefficient (Wildman–Crippen LogP) is 4.35. The number of amides is 1. The Kier molecular flexibility index (Phi) is 5.40. The molecule has 1 aromatic carbocycles. The third-order valence-corrected chi connectivity index (χ3v) is 4.17. The van der Waals surface area contributed by atoms with Gasteiger partial charge in [0.25, 0.3) is 0 Å². The van der Waals surface area contributed by atoms with Gasteiger partial charge in [-0.3, -0.25) is 0 Å². The van der Waals surface area contributed by atoms with Crippen LogP contribution in [0.2, 0.25) is 0 Å². The van der Waals surface area contributed by atoms with E-state index in [0.29, 0.717) is 24.9 Å². The van der Waals surface area contributed by atoms with Gasteiger partial charge in [0.05, 0.1) is 0 Å². The van der Waals surface area contributed by atoms with Gasteiger partial charge in [-0.1, -0.05) is 30.3 Å². The molecule has 0 unspecified atom stereocenters. The van der Waals surface area contributed by atoms with Gasteiger partial charge in [-0.25, -0.2) is 4.79 Å². The van der Waals surface area contributed by atoms with Crippen molar-refractivity contribution in [3.63, 3.8) is 0 Å². The molecule has 3 rings (SSSR count). The number of hydrogen-bond acceptors (Lipinski definition) is 5. The minimum Gasteiger partial charge on any atom is -0.444 e. The Bertz CT molecular complexity index is 754. The van der Waals surface area contributed by atoms with E-state index >= 15 is 0 Å². The third-order valence-electron chi connectivity index (χ3n) is 4.17. The van der Waals surface area contributed by atoms with Crippen LogP contribution in [-0.4, -0.2) is 39.9 Å². The van der Waals surface area contributed by atoms with Crippen LogP contribution in [0, 0.1) is 0 Å². The summed E-state index contributed by atoms with van der Waals surface area (Å²) >= 11 is 0. The zero-order valence-electron chi connectivity index (χ0n) is 15.5. The van der Waals surface area contributed by atoms with Crippen LogP contribution in [0.1, 0.15) is 56.9 Å². The highest BCUT2D eigenvalue weighted by atomic mass is 16.6. The first kappa shape index (κ1) is 18.2. The van der Waals surface area contributed by atoms with E-state index in [1.165, 1.54) is 0 Å². The molecule has 138 valence electrons. The van der Waals surface area contributed by atoms with Gasteiger partial charge in [-0.2, -0.15) is 0 Å². The molecule has 1 amide bonds. The average molecular weight is 355 g/mol. The van der Waals surface area contributed by atoms with E-state index in [1.54, 1.807) is 4.90 Å². The molecule has 2 aromatic rings. The van der Waals surface area contributed by atoms with Crippen molar-refractivity contribution in [2.24, 2.45) is 0 Å². The molecule has 1 fully saturated rings. The Hall–Kier alpha value is -2.63. The van der Waals surface area contributed by atoms with Crippen molar-refractivity contribution >= 4 is 18.2 Å². The molecule has 1 aliphatic heterocycles. The van der Waals surface area contributed by atoms with Crippen LogP contribution >= 0.6 is 0 Å². The summed E-state index contributed by atoms with van der Waals surface area (Å²) in [7, 11) is 0. The van der Waals surface area contributed by atoms with Crippen molar-refractivity contribution < 1.29 is 13.9 Å². The number of rotatable bonds is 3. The van der Waals surface area contributed by atoms with Crippen LogP contribution in [0.4, 0.5) is 4.79 Å². The Morgan fingerprint density at radius 3 is 2.50 bits per heavy atom. The average Bonchev–Trinajstić information content (AvgIpc) is 3.08. The van der Waals surface area contributed by atoms with Crippen molar-refractivity contribution in [3.8, 4) is 0 Å². The van der Waals surface area contributed by atoms with E-state index in [1.807, 2.05) is 63.3 Å². The van der Waals surface area contributed by atoms with Crippen molar-refractivity contribution in [1.82, 2.24) is 15.1 Å². The smallest absolute Gasteiger partial charge is 0.410 e. The summed E-state index contributed by atoms with van der Waals surface area (Å²) in [5.41, 5.74) is 0.610. The van der Waals surface area contributed by atoms with Gasteiger partial charge in [0.2, 0.25) is 11.8 Å². The number of nitrogens with zero attached hydrogens (tertiary/aromatic N) is 3. The number of hydrogen-bond donors (Lipinski definition) is 0. The molecule has 26 heavy (non-hydrogen) atoms. The fourth-order valence-electron chi connectivity index (χ4n) is 2.85. The van der Waals surface area contributed by atoms with E-state index in [2.05, 4.69) is 10.2 Å². The molecule has 1 saturated heterocycles. The van der Waals surface area contributed by atoms with Gasteiger partial charge in [0, 0.05) is 25.1 Å². The van der Waals surface area contributed by atoms with Crippen LogP contribution in [0.15, 0.2) is 34.7 Å². The Labute approximate surface area is 153 Å². The SMILES string of the molecule is CC(C)(C)OC(=O)N1CCC(c2nnc(/C=C/c3ccccc3)o2)CC1. The minimum absolute atomic E-state index is 0.181. The number of piperidine rings is 1. The van der Waals surface area contributed by atoms with Gasteiger partial charge in [0.1, 0.15) is 5.60 Å². The van der Waals surface area contributed by atoms with Crippen molar-refractivity contribution in [1.29, 1.82) is 0 Å². The van der Waals surface area contributed by atoms with E-state index < -0.39 is 5.60 Å².